The normalized spacial score (nSPS) is 16.3. The number of ether oxygens (including phenoxy) is 2. The van der Waals surface area contributed by atoms with Crippen molar-refractivity contribution in [2.45, 2.75) is 11.8 Å². The van der Waals surface area contributed by atoms with Crippen LogP contribution in [0, 0.1) is 0 Å². The average molecular weight is 483 g/mol. The van der Waals surface area contributed by atoms with Crippen LogP contribution in [0.4, 0.5) is 18.9 Å². The topological polar surface area (TPSA) is 59.8 Å². The van der Waals surface area contributed by atoms with E-state index < -0.39 is 18.4 Å². The number of halogens is 3. The molecule has 0 aliphatic carbocycles. The van der Waals surface area contributed by atoms with E-state index in [4.69, 9.17) is 9.47 Å². The molecule has 9 heteroatoms. The highest BCUT2D eigenvalue weighted by Gasteiger charge is 2.56. The molecule has 1 aromatic heterocycles. The van der Waals surface area contributed by atoms with E-state index >= 15 is 0 Å². The van der Waals surface area contributed by atoms with Crippen LogP contribution in [0.5, 0.6) is 5.75 Å². The van der Waals surface area contributed by atoms with Gasteiger partial charge in [-0.1, -0.05) is 30.3 Å². The summed E-state index contributed by atoms with van der Waals surface area (Å²) in [6.45, 7) is 1.56. The van der Waals surface area contributed by atoms with Gasteiger partial charge in [0.25, 0.3) is 0 Å². The van der Waals surface area contributed by atoms with E-state index in [2.05, 4.69) is 10.00 Å². The van der Waals surface area contributed by atoms with Gasteiger partial charge in [0.05, 0.1) is 30.6 Å². The molecule has 0 amide bonds. The zero-order valence-corrected chi connectivity index (χ0v) is 18.8. The molecule has 1 aliphatic heterocycles. The summed E-state index contributed by atoms with van der Waals surface area (Å²) < 4.78 is 55.0. The van der Waals surface area contributed by atoms with Gasteiger partial charge in [-0.2, -0.15) is 18.3 Å². The zero-order chi connectivity index (χ0) is 24.5. The minimum Gasteiger partial charge on any atom is -0.490 e. The molecule has 1 fully saturated rings. The van der Waals surface area contributed by atoms with Crippen molar-refractivity contribution in [3.63, 3.8) is 0 Å². The van der Waals surface area contributed by atoms with Crippen molar-refractivity contribution < 1.29 is 27.8 Å². The number of nitrogens with zero attached hydrogens (tertiary/aromatic N) is 3. The Labute approximate surface area is 200 Å². The number of para-hydroxylation sites is 1. The van der Waals surface area contributed by atoms with Gasteiger partial charge < -0.3 is 19.5 Å². The minimum atomic E-state index is -4.96. The minimum absolute atomic E-state index is 0.245. The Morgan fingerprint density at radius 1 is 0.914 bits per heavy atom. The molecule has 182 valence electrons. The molecule has 0 saturated carbocycles. The lowest BCUT2D eigenvalue weighted by atomic mass is 9.93. The SMILES string of the molecule is OC(COc1cccc(N2CCOCC2)c1)(c1ccc2c(cnn2-c2ccccc2)c1)C(F)(F)F. The standard InChI is InChI=1S/C26H24F3N3O3/c27-26(28,29)25(33,18-35-23-8-4-7-22(16-23)31-11-13-34-14-12-31)20-9-10-24-19(15-20)17-30-32(24)21-5-2-1-3-6-21/h1-10,15-17,33H,11-14,18H2. The first-order chi connectivity index (χ1) is 16.8. The molecule has 6 nitrogen and oxygen atoms in total. The summed E-state index contributed by atoms with van der Waals surface area (Å²) in [6.07, 6.45) is -3.48. The van der Waals surface area contributed by atoms with Gasteiger partial charge in [0.1, 0.15) is 12.4 Å². The molecule has 1 aliphatic rings. The van der Waals surface area contributed by atoms with Crippen molar-refractivity contribution in [3.05, 3.63) is 84.6 Å². The van der Waals surface area contributed by atoms with Crippen LogP contribution in [0.1, 0.15) is 5.56 Å². The predicted octanol–water partition coefficient (Wildman–Crippen LogP) is 4.69. The smallest absolute Gasteiger partial charge is 0.424 e. The Hall–Kier alpha value is -3.56. The van der Waals surface area contributed by atoms with E-state index in [9.17, 15) is 18.3 Å². The monoisotopic (exact) mass is 483 g/mol. The van der Waals surface area contributed by atoms with Gasteiger partial charge in [-0.3, -0.25) is 0 Å². The third-order valence-electron chi connectivity index (χ3n) is 6.16. The summed E-state index contributed by atoms with van der Waals surface area (Å²) in [5.74, 6) is 0.245. The van der Waals surface area contributed by atoms with E-state index in [1.165, 1.54) is 24.4 Å². The molecule has 3 aromatic carbocycles. The number of aliphatic hydroxyl groups is 1. The first-order valence-corrected chi connectivity index (χ1v) is 11.2. The number of benzene rings is 3. The molecule has 1 N–H and O–H groups in total. The molecule has 2 heterocycles. The van der Waals surface area contributed by atoms with Gasteiger partial charge in [-0.15, -0.1) is 0 Å². The molecule has 1 atom stereocenters. The van der Waals surface area contributed by atoms with Crippen molar-refractivity contribution in [3.8, 4) is 11.4 Å². The quantitative estimate of drug-likeness (QED) is 0.431. The lowest BCUT2D eigenvalue weighted by Gasteiger charge is -2.31. The molecule has 5 rings (SSSR count). The van der Waals surface area contributed by atoms with Crippen LogP contribution < -0.4 is 9.64 Å². The molecule has 1 saturated heterocycles. The molecule has 35 heavy (non-hydrogen) atoms. The maximum absolute atomic E-state index is 14.2. The van der Waals surface area contributed by atoms with Crippen LogP contribution in [0.3, 0.4) is 0 Å². The van der Waals surface area contributed by atoms with Crippen LogP contribution in [0.15, 0.2) is 79.0 Å². The summed E-state index contributed by atoms with van der Waals surface area (Å²) in [7, 11) is 0. The van der Waals surface area contributed by atoms with Crippen molar-refractivity contribution in [2.24, 2.45) is 0 Å². The fraction of sp³-hybridized carbons (Fsp3) is 0.269. The van der Waals surface area contributed by atoms with Gasteiger partial charge in [-0.25, -0.2) is 4.68 Å². The largest absolute Gasteiger partial charge is 0.490 e. The Bertz CT molecular complexity index is 1300. The van der Waals surface area contributed by atoms with E-state index in [0.717, 1.165) is 11.4 Å². The molecule has 0 bridgehead atoms. The van der Waals surface area contributed by atoms with Crippen LogP contribution >= 0.6 is 0 Å². The number of anilines is 1. The highest BCUT2D eigenvalue weighted by molar-refractivity contribution is 5.81. The fourth-order valence-corrected chi connectivity index (χ4v) is 4.17. The van der Waals surface area contributed by atoms with Gasteiger partial charge in [0, 0.05) is 30.2 Å². The van der Waals surface area contributed by atoms with Crippen LogP contribution in [-0.4, -0.2) is 54.0 Å². The number of alkyl halides is 3. The highest BCUT2D eigenvalue weighted by Crippen LogP contribution is 2.40. The van der Waals surface area contributed by atoms with Crippen molar-refractivity contribution in [1.82, 2.24) is 9.78 Å². The summed E-state index contributed by atoms with van der Waals surface area (Å²) >= 11 is 0. The summed E-state index contributed by atoms with van der Waals surface area (Å²) in [6, 6.07) is 20.2. The molecule has 0 radical (unpaired) electrons. The Kier molecular flexibility index (Phi) is 6.12. The fourth-order valence-electron chi connectivity index (χ4n) is 4.17. The molecular weight excluding hydrogens is 459 g/mol. The van der Waals surface area contributed by atoms with E-state index in [1.54, 1.807) is 22.9 Å². The lowest BCUT2D eigenvalue weighted by Crippen LogP contribution is -2.47. The predicted molar refractivity (Wildman–Crippen MR) is 126 cm³/mol. The second-order valence-corrected chi connectivity index (χ2v) is 8.41. The van der Waals surface area contributed by atoms with Crippen LogP contribution in [0.2, 0.25) is 0 Å². The molecule has 4 aromatic rings. The number of morpholine rings is 1. The van der Waals surface area contributed by atoms with Crippen molar-refractivity contribution >= 4 is 16.6 Å². The highest BCUT2D eigenvalue weighted by atomic mass is 19.4. The maximum Gasteiger partial charge on any atom is 0.424 e. The van der Waals surface area contributed by atoms with E-state index in [1.807, 2.05) is 36.4 Å². The van der Waals surface area contributed by atoms with Crippen LogP contribution in [-0.2, 0) is 10.3 Å². The third-order valence-corrected chi connectivity index (χ3v) is 6.16. The number of fused-ring (bicyclic) bond motifs is 1. The van der Waals surface area contributed by atoms with Gasteiger partial charge >= 0.3 is 6.18 Å². The summed E-state index contributed by atoms with van der Waals surface area (Å²) in [5.41, 5.74) is -1.27. The second kappa shape index (κ2) is 9.24. The summed E-state index contributed by atoms with van der Waals surface area (Å²) in [5, 5.41) is 15.7. The first kappa shape index (κ1) is 23.2. The summed E-state index contributed by atoms with van der Waals surface area (Å²) in [4.78, 5) is 2.07. The van der Waals surface area contributed by atoms with Crippen LogP contribution in [0.25, 0.3) is 16.6 Å². The third kappa shape index (κ3) is 4.56. The second-order valence-electron chi connectivity index (χ2n) is 8.41. The van der Waals surface area contributed by atoms with E-state index in [-0.39, 0.29) is 11.3 Å². The lowest BCUT2D eigenvalue weighted by molar-refractivity contribution is -0.275. The molecule has 1 unspecified atom stereocenters. The molecular formula is C26H24F3N3O3. The number of aromatic nitrogens is 2. The Balaban J connectivity index is 1.42. The van der Waals surface area contributed by atoms with Crippen molar-refractivity contribution in [1.29, 1.82) is 0 Å². The Morgan fingerprint density at radius 3 is 2.40 bits per heavy atom. The van der Waals surface area contributed by atoms with Gasteiger partial charge in [0.2, 0.25) is 5.60 Å². The van der Waals surface area contributed by atoms with Gasteiger partial charge in [-0.05, 0) is 42.0 Å². The Morgan fingerprint density at radius 2 is 1.66 bits per heavy atom. The number of rotatable bonds is 6. The maximum atomic E-state index is 14.2. The van der Waals surface area contributed by atoms with Crippen molar-refractivity contribution in [2.75, 3.05) is 37.8 Å². The number of hydrogen-bond donors (Lipinski definition) is 1. The zero-order valence-electron chi connectivity index (χ0n) is 18.8. The first-order valence-electron chi connectivity index (χ1n) is 11.2. The van der Waals surface area contributed by atoms with Gasteiger partial charge in [0.15, 0.2) is 0 Å². The average Bonchev–Trinajstić information content (AvgIpc) is 3.31. The number of hydrogen-bond acceptors (Lipinski definition) is 5. The molecule has 0 spiro atoms. The van der Waals surface area contributed by atoms with E-state index in [0.29, 0.717) is 37.2 Å².